The van der Waals surface area contributed by atoms with Crippen molar-refractivity contribution in [1.29, 1.82) is 0 Å². The second-order valence-corrected chi connectivity index (χ2v) is 4.43. The lowest BCUT2D eigenvalue weighted by Gasteiger charge is -2.18. The van der Waals surface area contributed by atoms with Gasteiger partial charge in [0.25, 0.3) is 5.91 Å². The van der Waals surface area contributed by atoms with Crippen LogP contribution in [0.3, 0.4) is 0 Å². The number of hydrogen-bond donors (Lipinski definition) is 1. The molecule has 0 bridgehead atoms. The van der Waals surface area contributed by atoms with E-state index in [0.29, 0.717) is 18.1 Å². The summed E-state index contributed by atoms with van der Waals surface area (Å²) >= 11 is 0. The normalized spacial score (nSPS) is 10.1. The van der Waals surface area contributed by atoms with Crippen LogP contribution in [0, 0.1) is 6.92 Å². The van der Waals surface area contributed by atoms with Crippen molar-refractivity contribution in [2.45, 2.75) is 26.7 Å². The number of amides is 1. The fraction of sp³-hybridized carbons (Fsp3) is 0.500. The molecule has 0 aromatic carbocycles. The van der Waals surface area contributed by atoms with Gasteiger partial charge in [0.15, 0.2) is 0 Å². The Morgan fingerprint density at radius 3 is 2.89 bits per heavy atom. The number of unbranched alkanes of at least 4 members (excludes halogenated alkanes) is 1. The third-order valence-electron chi connectivity index (χ3n) is 2.70. The molecule has 0 saturated heterocycles. The van der Waals surface area contributed by atoms with Gasteiger partial charge in [0.05, 0.1) is 0 Å². The summed E-state index contributed by atoms with van der Waals surface area (Å²) in [5.74, 6) is 1.19. The Labute approximate surface area is 114 Å². The van der Waals surface area contributed by atoms with Gasteiger partial charge >= 0.3 is 0 Å². The predicted octanol–water partition coefficient (Wildman–Crippen LogP) is 1.94. The van der Waals surface area contributed by atoms with Crippen molar-refractivity contribution >= 4 is 11.7 Å². The maximum Gasteiger partial charge on any atom is 0.270 e. The highest BCUT2D eigenvalue weighted by atomic mass is 16.1. The van der Waals surface area contributed by atoms with Crippen LogP contribution in [0.1, 0.15) is 36.1 Å². The van der Waals surface area contributed by atoms with E-state index in [1.807, 2.05) is 11.9 Å². The van der Waals surface area contributed by atoms with Crippen molar-refractivity contribution < 1.29 is 4.79 Å². The molecule has 19 heavy (non-hydrogen) atoms. The fourth-order valence-electron chi connectivity index (χ4n) is 1.63. The lowest BCUT2D eigenvalue weighted by atomic mass is 10.3. The van der Waals surface area contributed by atoms with Crippen LogP contribution < -0.4 is 10.2 Å². The van der Waals surface area contributed by atoms with Gasteiger partial charge in [-0.1, -0.05) is 19.4 Å². The zero-order valence-corrected chi connectivity index (χ0v) is 11.9. The molecule has 0 spiro atoms. The average molecular weight is 262 g/mol. The molecular weight excluding hydrogens is 240 g/mol. The van der Waals surface area contributed by atoms with Crippen molar-refractivity contribution in [1.82, 2.24) is 15.3 Å². The van der Waals surface area contributed by atoms with Gasteiger partial charge in [-0.2, -0.15) is 0 Å². The van der Waals surface area contributed by atoms with Crippen LogP contribution >= 0.6 is 0 Å². The zero-order chi connectivity index (χ0) is 14.3. The van der Waals surface area contributed by atoms with Gasteiger partial charge in [0, 0.05) is 26.2 Å². The monoisotopic (exact) mass is 262 g/mol. The van der Waals surface area contributed by atoms with Crippen LogP contribution in [0.4, 0.5) is 5.82 Å². The standard InChI is InChI=1S/C14H22N4O/c1-5-7-9-18(4)13-10-12(16-11(3)17-13)14(19)15-8-6-2/h6,10H,2,5,7-9H2,1,3-4H3,(H,15,19). The summed E-state index contributed by atoms with van der Waals surface area (Å²) in [4.78, 5) is 22.5. The van der Waals surface area contributed by atoms with E-state index in [1.54, 1.807) is 19.1 Å². The van der Waals surface area contributed by atoms with E-state index >= 15 is 0 Å². The summed E-state index contributed by atoms with van der Waals surface area (Å²) in [6, 6.07) is 1.72. The van der Waals surface area contributed by atoms with Crippen LogP contribution in [0.5, 0.6) is 0 Å². The molecule has 1 N–H and O–H groups in total. The molecule has 0 saturated carbocycles. The Morgan fingerprint density at radius 2 is 2.26 bits per heavy atom. The number of rotatable bonds is 7. The van der Waals surface area contributed by atoms with E-state index in [9.17, 15) is 4.79 Å². The van der Waals surface area contributed by atoms with E-state index in [-0.39, 0.29) is 5.91 Å². The number of nitrogens with one attached hydrogen (secondary N) is 1. The summed E-state index contributed by atoms with van der Waals surface area (Å²) in [5, 5.41) is 2.72. The van der Waals surface area contributed by atoms with E-state index < -0.39 is 0 Å². The maximum atomic E-state index is 11.9. The first-order valence-corrected chi connectivity index (χ1v) is 6.54. The molecule has 1 aromatic heterocycles. The summed E-state index contributed by atoms with van der Waals surface area (Å²) in [7, 11) is 1.98. The van der Waals surface area contributed by atoms with Crippen LogP contribution in [0.2, 0.25) is 0 Å². The first-order chi connectivity index (χ1) is 9.08. The lowest BCUT2D eigenvalue weighted by molar-refractivity contribution is 0.0952. The molecule has 0 aliphatic carbocycles. The quantitative estimate of drug-likeness (QED) is 0.763. The topological polar surface area (TPSA) is 58.1 Å². The van der Waals surface area contributed by atoms with Gasteiger partial charge in [-0.25, -0.2) is 9.97 Å². The molecular formula is C14H22N4O. The number of aromatic nitrogens is 2. The van der Waals surface area contributed by atoms with Gasteiger partial charge < -0.3 is 10.2 Å². The summed E-state index contributed by atoms with van der Waals surface area (Å²) in [5.41, 5.74) is 0.396. The highest BCUT2D eigenvalue weighted by Gasteiger charge is 2.11. The molecule has 104 valence electrons. The maximum absolute atomic E-state index is 11.9. The highest BCUT2D eigenvalue weighted by molar-refractivity contribution is 5.93. The largest absolute Gasteiger partial charge is 0.360 e. The second-order valence-electron chi connectivity index (χ2n) is 4.43. The molecule has 0 radical (unpaired) electrons. The fourth-order valence-corrected chi connectivity index (χ4v) is 1.63. The summed E-state index contributed by atoms with van der Waals surface area (Å²) < 4.78 is 0. The van der Waals surface area contributed by atoms with E-state index in [4.69, 9.17) is 0 Å². The second kappa shape index (κ2) is 7.51. The van der Waals surface area contributed by atoms with Crippen molar-refractivity contribution in [3.8, 4) is 0 Å². The van der Waals surface area contributed by atoms with Crippen molar-refractivity contribution in [3.63, 3.8) is 0 Å². The van der Waals surface area contributed by atoms with Crippen molar-refractivity contribution in [3.05, 3.63) is 30.2 Å². The van der Waals surface area contributed by atoms with Gasteiger partial charge in [-0.15, -0.1) is 6.58 Å². The number of anilines is 1. The van der Waals surface area contributed by atoms with Crippen molar-refractivity contribution in [2.24, 2.45) is 0 Å². The number of carbonyl (C=O) groups is 1. The Bertz CT molecular complexity index is 445. The minimum Gasteiger partial charge on any atom is -0.360 e. The number of nitrogens with zero attached hydrogens (tertiary/aromatic N) is 3. The molecule has 1 heterocycles. The van der Waals surface area contributed by atoms with Crippen LogP contribution in [-0.2, 0) is 0 Å². The third kappa shape index (κ3) is 4.69. The third-order valence-corrected chi connectivity index (χ3v) is 2.70. The summed E-state index contributed by atoms with van der Waals surface area (Å²) in [6.45, 7) is 8.86. The molecule has 0 atom stereocenters. The van der Waals surface area contributed by atoms with E-state index in [0.717, 1.165) is 25.2 Å². The molecule has 5 nitrogen and oxygen atoms in total. The lowest BCUT2D eigenvalue weighted by Crippen LogP contribution is -2.26. The molecule has 1 aromatic rings. The smallest absolute Gasteiger partial charge is 0.270 e. The number of carbonyl (C=O) groups excluding carboxylic acids is 1. The Balaban J connectivity index is 2.86. The van der Waals surface area contributed by atoms with Gasteiger partial charge in [-0.05, 0) is 13.3 Å². The molecule has 0 fully saturated rings. The molecule has 0 unspecified atom stereocenters. The zero-order valence-electron chi connectivity index (χ0n) is 11.9. The summed E-state index contributed by atoms with van der Waals surface area (Å²) in [6.07, 6.45) is 3.86. The predicted molar refractivity (Wildman–Crippen MR) is 77.5 cm³/mol. The molecule has 1 amide bonds. The van der Waals surface area contributed by atoms with E-state index in [2.05, 4.69) is 28.8 Å². The highest BCUT2D eigenvalue weighted by Crippen LogP contribution is 2.12. The molecule has 0 aliphatic rings. The molecule has 1 rings (SSSR count). The first kappa shape index (κ1) is 15.1. The van der Waals surface area contributed by atoms with Crippen molar-refractivity contribution in [2.75, 3.05) is 25.0 Å². The van der Waals surface area contributed by atoms with Gasteiger partial charge in [-0.3, -0.25) is 4.79 Å². The number of hydrogen-bond acceptors (Lipinski definition) is 4. The van der Waals surface area contributed by atoms with Crippen LogP contribution in [0.15, 0.2) is 18.7 Å². The Kier molecular flexibility index (Phi) is 5.99. The Hall–Kier alpha value is -1.91. The number of aryl methyl sites for hydroxylation is 1. The SMILES string of the molecule is C=CCNC(=O)c1cc(N(C)CCCC)nc(C)n1. The van der Waals surface area contributed by atoms with E-state index in [1.165, 1.54) is 0 Å². The van der Waals surface area contributed by atoms with Gasteiger partial charge in [0.2, 0.25) is 0 Å². The minimum atomic E-state index is -0.199. The van der Waals surface area contributed by atoms with Gasteiger partial charge in [0.1, 0.15) is 17.3 Å². The first-order valence-electron chi connectivity index (χ1n) is 6.54. The molecule has 0 aliphatic heterocycles. The minimum absolute atomic E-state index is 0.199. The Morgan fingerprint density at radius 1 is 1.53 bits per heavy atom. The molecule has 5 heteroatoms. The van der Waals surface area contributed by atoms with Crippen LogP contribution in [-0.4, -0.2) is 36.0 Å². The van der Waals surface area contributed by atoms with Crippen LogP contribution in [0.25, 0.3) is 0 Å². The average Bonchev–Trinajstić information content (AvgIpc) is 2.41.